The summed E-state index contributed by atoms with van der Waals surface area (Å²) < 4.78 is 0. The largest absolute Gasteiger partial charge is 0.390 e. The highest BCUT2D eigenvalue weighted by atomic mass is 16.3. The maximum absolute atomic E-state index is 10.4. The Kier molecular flexibility index (Phi) is 2.70. The van der Waals surface area contributed by atoms with Crippen molar-refractivity contribution in [3.63, 3.8) is 0 Å². The standard InChI is InChI=1S/C17H30O/c1-15(2)13-7-9-17(15,4)14(10-13)12-6-5-8-16(3,18)11-12/h12-14,18H,5-11H2,1-4H3/t12?,13-,14+,16?,17+/m0/s1. The molecule has 5 atom stereocenters. The first-order valence-corrected chi connectivity index (χ1v) is 7.99. The van der Waals surface area contributed by atoms with Crippen LogP contribution in [-0.2, 0) is 0 Å². The molecule has 0 aromatic carbocycles. The third-order valence-corrected chi connectivity index (χ3v) is 7.42. The topological polar surface area (TPSA) is 20.2 Å². The molecular formula is C17H30O. The van der Waals surface area contributed by atoms with Crippen molar-refractivity contribution in [3.05, 3.63) is 0 Å². The Hall–Kier alpha value is -0.0400. The Morgan fingerprint density at radius 2 is 1.72 bits per heavy atom. The summed E-state index contributed by atoms with van der Waals surface area (Å²) in [6, 6.07) is 0. The zero-order valence-electron chi connectivity index (χ0n) is 12.6. The summed E-state index contributed by atoms with van der Waals surface area (Å²) in [6.45, 7) is 9.62. The van der Waals surface area contributed by atoms with Gasteiger partial charge in [-0.1, -0.05) is 27.2 Å². The Labute approximate surface area is 112 Å². The second-order valence-corrected chi connectivity index (χ2v) is 8.57. The van der Waals surface area contributed by atoms with E-state index in [1.54, 1.807) is 0 Å². The van der Waals surface area contributed by atoms with Gasteiger partial charge in [-0.3, -0.25) is 0 Å². The molecule has 0 aliphatic heterocycles. The molecule has 2 unspecified atom stereocenters. The van der Waals surface area contributed by atoms with Gasteiger partial charge >= 0.3 is 0 Å². The van der Waals surface area contributed by atoms with Crippen LogP contribution < -0.4 is 0 Å². The van der Waals surface area contributed by atoms with Gasteiger partial charge in [0, 0.05) is 0 Å². The van der Waals surface area contributed by atoms with Crippen LogP contribution in [0.2, 0.25) is 0 Å². The van der Waals surface area contributed by atoms with Gasteiger partial charge in [0.05, 0.1) is 5.60 Å². The van der Waals surface area contributed by atoms with Gasteiger partial charge in [-0.2, -0.15) is 0 Å². The minimum Gasteiger partial charge on any atom is -0.390 e. The molecule has 0 amide bonds. The van der Waals surface area contributed by atoms with Crippen molar-refractivity contribution in [1.82, 2.24) is 0 Å². The molecule has 3 saturated carbocycles. The molecule has 0 spiro atoms. The van der Waals surface area contributed by atoms with Gasteiger partial charge in [-0.05, 0) is 74.0 Å². The predicted molar refractivity (Wildman–Crippen MR) is 75.3 cm³/mol. The smallest absolute Gasteiger partial charge is 0.0622 e. The number of hydrogen-bond donors (Lipinski definition) is 1. The van der Waals surface area contributed by atoms with Crippen LogP contribution in [0.4, 0.5) is 0 Å². The molecule has 1 N–H and O–H groups in total. The van der Waals surface area contributed by atoms with Gasteiger partial charge in [0.25, 0.3) is 0 Å². The average Bonchev–Trinajstić information content (AvgIpc) is 2.59. The van der Waals surface area contributed by atoms with Gasteiger partial charge < -0.3 is 5.11 Å². The second kappa shape index (κ2) is 3.75. The fourth-order valence-corrected chi connectivity index (χ4v) is 5.84. The summed E-state index contributed by atoms with van der Waals surface area (Å²) in [5.74, 6) is 2.60. The SMILES string of the molecule is CC1(O)CCCC([C@H]2C[C@@H]3CC[C@@]2(C)C3(C)C)C1. The zero-order valence-corrected chi connectivity index (χ0v) is 12.6. The lowest BCUT2D eigenvalue weighted by Gasteiger charge is -2.46. The van der Waals surface area contributed by atoms with Crippen molar-refractivity contribution >= 4 is 0 Å². The average molecular weight is 250 g/mol. The molecule has 18 heavy (non-hydrogen) atoms. The maximum Gasteiger partial charge on any atom is 0.0622 e. The maximum atomic E-state index is 10.4. The normalized spacial score (nSPS) is 54.8. The van der Waals surface area contributed by atoms with Crippen molar-refractivity contribution in [2.75, 3.05) is 0 Å². The van der Waals surface area contributed by atoms with E-state index < -0.39 is 0 Å². The highest BCUT2D eigenvalue weighted by Gasteiger charge is 2.62. The fourth-order valence-electron chi connectivity index (χ4n) is 5.84. The first-order valence-electron chi connectivity index (χ1n) is 7.99. The van der Waals surface area contributed by atoms with E-state index >= 15 is 0 Å². The van der Waals surface area contributed by atoms with Crippen molar-refractivity contribution < 1.29 is 5.11 Å². The Bertz CT molecular complexity index is 344. The summed E-state index contributed by atoms with van der Waals surface area (Å²) in [5, 5.41) is 10.4. The van der Waals surface area contributed by atoms with E-state index in [2.05, 4.69) is 27.7 Å². The molecule has 0 saturated heterocycles. The summed E-state index contributed by atoms with van der Waals surface area (Å²) in [4.78, 5) is 0. The Morgan fingerprint density at radius 1 is 1.00 bits per heavy atom. The van der Waals surface area contributed by atoms with Crippen LogP contribution >= 0.6 is 0 Å². The molecule has 2 bridgehead atoms. The zero-order chi connectivity index (χ0) is 13.2. The Balaban J connectivity index is 1.83. The molecule has 104 valence electrons. The van der Waals surface area contributed by atoms with E-state index in [0.29, 0.717) is 10.8 Å². The molecule has 3 aliphatic rings. The molecule has 1 heteroatoms. The lowest BCUT2D eigenvalue weighted by atomic mass is 9.60. The minimum absolute atomic E-state index is 0.384. The van der Waals surface area contributed by atoms with Crippen molar-refractivity contribution in [3.8, 4) is 0 Å². The molecule has 0 heterocycles. The van der Waals surface area contributed by atoms with E-state index in [0.717, 1.165) is 30.6 Å². The van der Waals surface area contributed by atoms with E-state index in [4.69, 9.17) is 0 Å². The van der Waals surface area contributed by atoms with E-state index in [9.17, 15) is 5.11 Å². The van der Waals surface area contributed by atoms with Crippen LogP contribution in [0.1, 0.15) is 72.6 Å². The van der Waals surface area contributed by atoms with Gasteiger partial charge in [-0.15, -0.1) is 0 Å². The summed E-state index contributed by atoms with van der Waals surface area (Å²) in [6.07, 6.45) is 8.96. The molecule has 0 aromatic heterocycles. The van der Waals surface area contributed by atoms with Crippen molar-refractivity contribution in [2.24, 2.45) is 28.6 Å². The van der Waals surface area contributed by atoms with E-state index in [-0.39, 0.29) is 5.60 Å². The molecule has 3 aliphatic carbocycles. The molecule has 3 rings (SSSR count). The van der Waals surface area contributed by atoms with Crippen LogP contribution in [0.3, 0.4) is 0 Å². The van der Waals surface area contributed by atoms with Gasteiger partial charge in [0.2, 0.25) is 0 Å². The number of aliphatic hydroxyl groups is 1. The van der Waals surface area contributed by atoms with Gasteiger partial charge in [0.1, 0.15) is 0 Å². The molecule has 0 aromatic rings. The van der Waals surface area contributed by atoms with Crippen LogP contribution in [0.25, 0.3) is 0 Å². The molecule has 3 fully saturated rings. The fraction of sp³-hybridized carbons (Fsp3) is 1.00. The number of hydrogen-bond acceptors (Lipinski definition) is 1. The first-order chi connectivity index (χ1) is 8.26. The minimum atomic E-state index is -0.384. The summed E-state index contributed by atoms with van der Waals surface area (Å²) >= 11 is 0. The first kappa shape index (κ1) is 13.0. The Morgan fingerprint density at radius 3 is 2.22 bits per heavy atom. The van der Waals surface area contributed by atoms with E-state index in [1.165, 1.54) is 32.1 Å². The predicted octanol–water partition coefficient (Wildman–Crippen LogP) is 4.39. The van der Waals surface area contributed by atoms with Crippen LogP contribution in [-0.4, -0.2) is 10.7 Å². The third kappa shape index (κ3) is 1.62. The highest BCUT2D eigenvalue weighted by molar-refractivity contribution is 5.11. The molecule has 1 nitrogen and oxygen atoms in total. The van der Waals surface area contributed by atoms with E-state index in [1.807, 2.05) is 0 Å². The lowest BCUT2D eigenvalue weighted by Crippen LogP contribution is -2.41. The molecule has 0 radical (unpaired) electrons. The van der Waals surface area contributed by atoms with Crippen molar-refractivity contribution in [1.29, 1.82) is 0 Å². The number of fused-ring (bicyclic) bond motifs is 2. The van der Waals surface area contributed by atoms with Crippen LogP contribution in [0, 0.1) is 28.6 Å². The van der Waals surface area contributed by atoms with Gasteiger partial charge in [-0.25, -0.2) is 0 Å². The van der Waals surface area contributed by atoms with Crippen molar-refractivity contribution in [2.45, 2.75) is 78.2 Å². The molecular weight excluding hydrogens is 220 g/mol. The van der Waals surface area contributed by atoms with Crippen LogP contribution in [0.5, 0.6) is 0 Å². The third-order valence-electron chi connectivity index (χ3n) is 7.42. The number of rotatable bonds is 1. The monoisotopic (exact) mass is 250 g/mol. The quantitative estimate of drug-likeness (QED) is 0.732. The lowest BCUT2D eigenvalue weighted by molar-refractivity contribution is -0.0366. The second-order valence-electron chi connectivity index (χ2n) is 8.57. The summed E-state index contributed by atoms with van der Waals surface area (Å²) in [5.41, 5.74) is 0.683. The summed E-state index contributed by atoms with van der Waals surface area (Å²) in [7, 11) is 0. The van der Waals surface area contributed by atoms with Gasteiger partial charge in [0.15, 0.2) is 0 Å². The highest BCUT2D eigenvalue weighted by Crippen LogP contribution is 2.70. The van der Waals surface area contributed by atoms with Crippen LogP contribution in [0.15, 0.2) is 0 Å².